The molecule has 21 heavy (non-hydrogen) atoms. The van der Waals surface area contributed by atoms with Gasteiger partial charge in [-0.25, -0.2) is 0 Å². The summed E-state index contributed by atoms with van der Waals surface area (Å²) in [6.45, 7) is 3.93. The number of carbonyl (C=O) groups is 1. The minimum Gasteiger partial charge on any atom is -0.465 e. The highest BCUT2D eigenvalue weighted by Crippen LogP contribution is 2.35. The maximum absolute atomic E-state index is 11.6. The van der Waals surface area contributed by atoms with Crippen molar-refractivity contribution in [3.05, 3.63) is 11.8 Å². The maximum atomic E-state index is 11.6. The van der Waals surface area contributed by atoms with Gasteiger partial charge in [0.05, 0.1) is 26.3 Å². The Morgan fingerprint density at radius 2 is 2.24 bits per heavy atom. The molecule has 1 heterocycles. The van der Waals surface area contributed by atoms with Crippen molar-refractivity contribution in [2.45, 2.75) is 38.6 Å². The quantitative estimate of drug-likeness (QED) is 0.637. The number of esters is 1. The third kappa shape index (κ3) is 4.78. The fraction of sp³-hybridized carbons (Fsp3) is 0.786. The van der Waals surface area contributed by atoms with Gasteiger partial charge in [0.15, 0.2) is 0 Å². The zero-order valence-electron chi connectivity index (χ0n) is 12.7. The Kier molecular flexibility index (Phi) is 6.13. The summed E-state index contributed by atoms with van der Waals surface area (Å²) in [6, 6.07) is 0. The fourth-order valence-electron chi connectivity index (χ4n) is 2.17. The molecule has 0 unspecified atom stereocenters. The van der Waals surface area contributed by atoms with Crippen molar-refractivity contribution < 1.29 is 18.7 Å². The number of nitrogens with zero attached hydrogens (tertiary/aromatic N) is 3. The second kappa shape index (κ2) is 8.09. The molecule has 0 N–H and O–H groups in total. The van der Waals surface area contributed by atoms with E-state index < -0.39 is 0 Å². The first-order chi connectivity index (χ1) is 10.2. The molecule has 0 saturated heterocycles. The number of aromatic nitrogens is 2. The van der Waals surface area contributed by atoms with Crippen LogP contribution in [0.5, 0.6) is 0 Å². The predicted molar refractivity (Wildman–Crippen MR) is 74.7 cm³/mol. The molecule has 1 aromatic rings. The summed E-state index contributed by atoms with van der Waals surface area (Å²) in [6.07, 6.45) is 3.47. The molecule has 7 nitrogen and oxygen atoms in total. The van der Waals surface area contributed by atoms with E-state index in [9.17, 15) is 4.79 Å². The Morgan fingerprint density at radius 1 is 1.43 bits per heavy atom. The summed E-state index contributed by atoms with van der Waals surface area (Å²) in [5.41, 5.74) is 0. The highest BCUT2D eigenvalue weighted by atomic mass is 16.5. The number of ether oxygens (including phenoxy) is 2. The van der Waals surface area contributed by atoms with Crippen LogP contribution in [0, 0.1) is 0 Å². The van der Waals surface area contributed by atoms with Crippen LogP contribution in [0.4, 0.5) is 0 Å². The molecule has 0 aromatic carbocycles. The van der Waals surface area contributed by atoms with Crippen LogP contribution in [-0.4, -0.2) is 54.5 Å². The number of carbonyl (C=O) groups excluding carboxylic acids is 1. The number of methoxy groups -OCH3 is 1. The van der Waals surface area contributed by atoms with Gasteiger partial charge in [-0.15, -0.1) is 10.2 Å². The molecule has 0 bridgehead atoms. The van der Waals surface area contributed by atoms with E-state index in [1.807, 2.05) is 4.90 Å². The van der Waals surface area contributed by atoms with Gasteiger partial charge in [-0.1, -0.05) is 6.42 Å². The van der Waals surface area contributed by atoms with Crippen molar-refractivity contribution in [2.24, 2.45) is 0 Å². The smallest absolute Gasteiger partial charge is 0.320 e. The lowest BCUT2D eigenvalue weighted by atomic mass is 9.85. The molecule has 0 atom stereocenters. The van der Waals surface area contributed by atoms with Gasteiger partial charge in [-0.05, 0) is 19.8 Å². The third-order valence-electron chi connectivity index (χ3n) is 3.57. The first-order valence-corrected chi connectivity index (χ1v) is 7.42. The number of rotatable bonds is 9. The van der Waals surface area contributed by atoms with Crippen molar-refractivity contribution in [1.82, 2.24) is 15.1 Å². The van der Waals surface area contributed by atoms with Gasteiger partial charge < -0.3 is 13.9 Å². The molecule has 118 valence electrons. The van der Waals surface area contributed by atoms with Crippen LogP contribution >= 0.6 is 0 Å². The Hall–Kier alpha value is -1.47. The lowest BCUT2D eigenvalue weighted by Crippen LogP contribution is -2.33. The SMILES string of the molecule is CCOC(=O)CN(CCOC)Cc1nnc(C2CCC2)o1. The van der Waals surface area contributed by atoms with Gasteiger partial charge in [0.1, 0.15) is 0 Å². The van der Waals surface area contributed by atoms with Crippen molar-refractivity contribution in [1.29, 1.82) is 0 Å². The molecule has 1 aromatic heterocycles. The third-order valence-corrected chi connectivity index (χ3v) is 3.57. The lowest BCUT2D eigenvalue weighted by molar-refractivity contribution is -0.144. The van der Waals surface area contributed by atoms with Crippen LogP contribution in [0.2, 0.25) is 0 Å². The molecule has 1 saturated carbocycles. The minimum atomic E-state index is -0.257. The van der Waals surface area contributed by atoms with E-state index in [0.29, 0.717) is 38.1 Å². The molecule has 2 rings (SSSR count). The second-order valence-electron chi connectivity index (χ2n) is 5.17. The normalized spacial score (nSPS) is 15.2. The molecular formula is C14H23N3O4. The summed E-state index contributed by atoms with van der Waals surface area (Å²) >= 11 is 0. The zero-order valence-corrected chi connectivity index (χ0v) is 12.7. The zero-order chi connectivity index (χ0) is 15.1. The Balaban J connectivity index is 1.89. The molecule has 0 spiro atoms. The summed E-state index contributed by atoms with van der Waals surface area (Å²) < 4.78 is 15.7. The largest absolute Gasteiger partial charge is 0.465 e. The molecular weight excluding hydrogens is 274 g/mol. The van der Waals surface area contributed by atoms with Gasteiger partial charge >= 0.3 is 5.97 Å². The summed E-state index contributed by atoms with van der Waals surface area (Å²) in [5.74, 6) is 1.42. The molecule has 1 fully saturated rings. The first kappa shape index (κ1) is 15.9. The van der Waals surface area contributed by atoms with Crippen molar-refractivity contribution >= 4 is 5.97 Å². The van der Waals surface area contributed by atoms with Gasteiger partial charge in [-0.2, -0.15) is 0 Å². The second-order valence-corrected chi connectivity index (χ2v) is 5.17. The van der Waals surface area contributed by atoms with Crippen LogP contribution < -0.4 is 0 Å². The Bertz CT molecular complexity index is 445. The lowest BCUT2D eigenvalue weighted by Gasteiger charge is -2.21. The van der Waals surface area contributed by atoms with Crippen molar-refractivity contribution in [2.75, 3.05) is 33.4 Å². The minimum absolute atomic E-state index is 0.193. The van der Waals surface area contributed by atoms with Gasteiger partial charge in [-0.3, -0.25) is 9.69 Å². The van der Waals surface area contributed by atoms with Gasteiger partial charge in [0, 0.05) is 19.6 Å². The molecule has 0 radical (unpaired) electrons. The van der Waals surface area contributed by atoms with E-state index in [1.165, 1.54) is 6.42 Å². The topological polar surface area (TPSA) is 77.7 Å². The van der Waals surface area contributed by atoms with Crippen LogP contribution in [0.25, 0.3) is 0 Å². The summed E-state index contributed by atoms with van der Waals surface area (Å²) in [7, 11) is 1.63. The predicted octanol–water partition coefficient (Wildman–Crippen LogP) is 1.35. The van der Waals surface area contributed by atoms with Crippen LogP contribution in [0.3, 0.4) is 0 Å². The number of hydrogen-bond donors (Lipinski definition) is 0. The molecule has 0 aliphatic heterocycles. The highest BCUT2D eigenvalue weighted by Gasteiger charge is 2.25. The van der Waals surface area contributed by atoms with Gasteiger partial charge in [0.2, 0.25) is 11.8 Å². The van der Waals surface area contributed by atoms with Crippen molar-refractivity contribution in [3.8, 4) is 0 Å². The van der Waals surface area contributed by atoms with Gasteiger partial charge in [0.25, 0.3) is 0 Å². The van der Waals surface area contributed by atoms with E-state index in [-0.39, 0.29) is 12.5 Å². The van der Waals surface area contributed by atoms with Crippen molar-refractivity contribution in [3.63, 3.8) is 0 Å². The average molecular weight is 297 g/mol. The van der Waals surface area contributed by atoms with E-state index >= 15 is 0 Å². The van der Waals surface area contributed by atoms with E-state index in [4.69, 9.17) is 13.9 Å². The van der Waals surface area contributed by atoms with E-state index in [2.05, 4.69) is 10.2 Å². The van der Waals surface area contributed by atoms with Crippen LogP contribution in [-0.2, 0) is 20.8 Å². The average Bonchev–Trinajstić information content (AvgIpc) is 2.82. The monoisotopic (exact) mass is 297 g/mol. The standard InChI is InChI=1S/C14H23N3O4/c1-3-20-13(18)10-17(7-8-19-2)9-12-15-16-14(21-12)11-5-4-6-11/h11H,3-10H2,1-2H3. The Morgan fingerprint density at radius 3 is 2.86 bits per heavy atom. The molecule has 1 aliphatic rings. The first-order valence-electron chi connectivity index (χ1n) is 7.42. The van der Waals surface area contributed by atoms with E-state index in [1.54, 1.807) is 14.0 Å². The fourth-order valence-corrected chi connectivity index (χ4v) is 2.17. The number of hydrogen-bond acceptors (Lipinski definition) is 7. The molecule has 7 heteroatoms. The summed E-state index contributed by atoms with van der Waals surface area (Å²) in [5, 5.41) is 8.17. The molecule has 1 aliphatic carbocycles. The van der Waals surface area contributed by atoms with Crippen LogP contribution in [0.1, 0.15) is 43.9 Å². The summed E-state index contributed by atoms with van der Waals surface area (Å²) in [4.78, 5) is 13.5. The van der Waals surface area contributed by atoms with Crippen LogP contribution in [0.15, 0.2) is 4.42 Å². The molecule has 0 amide bonds. The Labute approximate surface area is 124 Å². The van der Waals surface area contributed by atoms with E-state index in [0.717, 1.165) is 18.7 Å². The highest BCUT2D eigenvalue weighted by molar-refractivity contribution is 5.71. The maximum Gasteiger partial charge on any atom is 0.320 e.